The van der Waals surface area contributed by atoms with E-state index in [1.165, 1.54) is 31.4 Å². The van der Waals surface area contributed by atoms with Crippen LogP contribution in [0.25, 0.3) is 0 Å². The second kappa shape index (κ2) is 7.80. The van der Waals surface area contributed by atoms with Crippen LogP contribution < -0.4 is 10.1 Å². The standard InChI is InChI=1S/C16H30N4O/c1-5-17-15(13-8-6-7-9-13)16-14(21-4)12-18-20(16)11-10-19(2)3/h12-13,15,17H,5-11H2,1-4H3. The Kier molecular flexibility index (Phi) is 6.06. The van der Waals surface area contributed by atoms with Gasteiger partial charge < -0.3 is 15.0 Å². The second-order valence-electron chi connectivity index (χ2n) is 6.20. The van der Waals surface area contributed by atoms with E-state index in [4.69, 9.17) is 4.74 Å². The van der Waals surface area contributed by atoms with E-state index in [0.717, 1.165) is 25.4 Å². The molecule has 1 aliphatic rings. The van der Waals surface area contributed by atoms with Crippen molar-refractivity contribution in [2.45, 2.75) is 45.2 Å². The van der Waals surface area contributed by atoms with Gasteiger partial charge in [0.2, 0.25) is 0 Å². The van der Waals surface area contributed by atoms with E-state index in [-0.39, 0.29) is 0 Å². The van der Waals surface area contributed by atoms with Crippen LogP contribution in [-0.2, 0) is 6.54 Å². The van der Waals surface area contributed by atoms with Crippen LogP contribution in [0.3, 0.4) is 0 Å². The van der Waals surface area contributed by atoms with Gasteiger partial charge in [0, 0.05) is 6.54 Å². The minimum Gasteiger partial charge on any atom is -0.493 e. The van der Waals surface area contributed by atoms with E-state index in [1.807, 2.05) is 6.20 Å². The first-order chi connectivity index (χ1) is 10.2. The van der Waals surface area contributed by atoms with Crippen molar-refractivity contribution >= 4 is 0 Å². The van der Waals surface area contributed by atoms with Crippen molar-refractivity contribution in [3.8, 4) is 5.75 Å². The molecule has 1 aromatic rings. The van der Waals surface area contributed by atoms with Crippen LogP contribution in [-0.4, -0.2) is 49.0 Å². The predicted molar refractivity (Wildman–Crippen MR) is 85.7 cm³/mol. The van der Waals surface area contributed by atoms with Crippen molar-refractivity contribution in [3.05, 3.63) is 11.9 Å². The van der Waals surface area contributed by atoms with Gasteiger partial charge in [-0.15, -0.1) is 0 Å². The molecule has 0 bridgehead atoms. The number of hydrogen-bond acceptors (Lipinski definition) is 4. The number of likely N-dealkylation sites (N-methyl/N-ethyl adjacent to an activating group) is 1. The molecule has 1 N–H and O–H groups in total. The van der Waals surface area contributed by atoms with Gasteiger partial charge in [-0.2, -0.15) is 5.10 Å². The van der Waals surface area contributed by atoms with Crippen molar-refractivity contribution in [2.24, 2.45) is 5.92 Å². The molecule has 1 atom stereocenters. The van der Waals surface area contributed by atoms with Crippen LogP contribution in [0.5, 0.6) is 5.75 Å². The number of rotatable bonds is 8. The summed E-state index contributed by atoms with van der Waals surface area (Å²) < 4.78 is 7.71. The van der Waals surface area contributed by atoms with Crippen LogP contribution in [0, 0.1) is 5.92 Å². The zero-order valence-electron chi connectivity index (χ0n) is 13.9. The summed E-state index contributed by atoms with van der Waals surface area (Å²) in [6.07, 6.45) is 7.17. The number of nitrogens with zero attached hydrogens (tertiary/aromatic N) is 3. The number of nitrogens with one attached hydrogen (secondary N) is 1. The summed E-state index contributed by atoms with van der Waals surface area (Å²) in [7, 11) is 5.94. The maximum absolute atomic E-state index is 5.58. The average molecular weight is 294 g/mol. The molecule has 1 heterocycles. The van der Waals surface area contributed by atoms with Gasteiger partial charge in [0.15, 0.2) is 5.75 Å². The van der Waals surface area contributed by atoms with Crippen molar-refractivity contribution in [1.29, 1.82) is 0 Å². The average Bonchev–Trinajstić information content (AvgIpc) is 3.11. The first-order valence-electron chi connectivity index (χ1n) is 8.15. The summed E-state index contributed by atoms with van der Waals surface area (Å²) in [6, 6.07) is 0.358. The van der Waals surface area contributed by atoms with Gasteiger partial charge in [0.25, 0.3) is 0 Å². The summed E-state index contributed by atoms with van der Waals surface area (Å²) in [5.74, 6) is 1.63. The maximum atomic E-state index is 5.58. The Morgan fingerprint density at radius 3 is 2.71 bits per heavy atom. The molecular weight excluding hydrogens is 264 g/mol. The molecule has 2 rings (SSSR count). The summed E-state index contributed by atoms with van der Waals surface area (Å²) in [6.45, 7) is 5.04. The minimum atomic E-state index is 0.358. The number of methoxy groups -OCH3 is 1. The van der Waals surface area contributed by atoms with Crippen LogP contribution in [0.1, 0.15) is 44.3 Å². The zero-order chi connectivity index (χ0) is 15.2. The monoisotopic (exact) mass is 294 g/mol. The molecule has 120 valence electrons. The van der Waals surface area contributed by atoms with Gasteiger partial charge >= 0.3 is 0 Å². The fourth-order valence-electron chi connectivity index (χ4n) is 3.32. The molecule has 0 spiro atoms. The van der Waals surface area contributed by atoms with Gasteiger partial charge in [0.1, 0.15) is 0 Å². The summed E-state index contributed by atoms with van der Waals surface area (Å²) in [5, 5.41) is 8.23. The lowest BCUT2D eigenvalue weighted by atomic mass is 9.94. The third-order valence-electron chi connectivity index (χ3n) is 4.41. The molecule has 5 heteroatoms. The molecule has 1 aromatic heterocycles. The summed E-state index contributed by atoms with van der Waals surface area (Å²) >= 11 is 0. The third kappa shape index (κ3) is 3.98. The Bertz CT molecular complexity index is 424. The van der Waals surface area contributed by atoms with Gasteiger partial charge in [-0.05, 0) is 39.4 Å². The van der Waals surface area contributed by atoms with Crippen LogP contribution >= 0.6 is 0 Å². The molecule has 0 amide bonds. The van der Waals surface area contributed by atoms with Crippen LogP contribution in [0.15, 0.2) is 6.20 Å². The van der Waals surface area contributed by atoms with Gasteiger partial charge in [-0.25, -0.2) is 0 Å². The van der Waals surface area contributed by atoms with Crippen LogP contribution in [0.4, 0.5) is 0 Å². The summed E-state index contributed by atoms with van der Waals surface area (Å²) in [5.41, 5.74) is 1.23. The lowest BCUT2D eigenvalue weighted by Crippen LogP contribution is -2.31. The largest absolute Gasteiger partial charge is 0.493 e. The Balaban J connectivity index is 2.25. The first-order valence-corrected chi connectivity index (χ1v) is 8.15. The number of ether oxygens (including phenoxy) is 1. The smallest absolute Gasteiger partial charge is 0.161 e. The van der Waals surface area contributed by atoms with E-state index in [0.29, 0.717) is 12.0 Å². The highest BCUT2D eigenvalue weighted by Gasteiger charge is 2.30. The lowest BCUT2D eigenvalue weighted by Gasteiger charge is -2.26. The van der Waals surface area contributed by atoms with Crippen LogP contribution in [0.2, 0.25) is 0 Å². The van der Waals surface area contributed by atoms with Crippen molar-refractivity contribution in [2.75, 3.05) is 34.3 Å². The topological polar surface area (TPSA) is 42.3 Å². The SMILES string of the molecule is CCNC(c1c(OC)cnn1CCN(C)C)C1CCCC1. The molecule has 1 aliphatic carbocycles. The Hall–Kier alpha value is -1.07. The molecule has 1 saturated carbocycles. The fraction of sp³-hybridized carbons (Fsp3) is 0.812. The Labute approximate surface area is 128 Å². The van der Waals surface area contributed by atoms with Crippen molar-refractivity contribution in [1.82, 2.24) is 20.0 Å². The lowest BCUT2D eigenvalue weighted by molar-refractivity contribution is 0.316. The highest BCUT2D eigenvalue weighted by Crippen LogP contribution is 2.38. The van der Waals surface area contributed by atoms with E-state index in [9.17, 15) is 0 Å². The quantitative estimate of drug-likeness (QED) is 0.799. The molecule has 0 saturated heterocycles. The normalized spacial score (nSPS) is 17.6. The van der Waals surface area contributed by atoms with E-state index in [2.05, 4.69) is 41.0 Å². The Morgan fingerprint density at radius 2 is 2.14 bits per heavy atom. The molecule has 0 aliphatic heterocycles. The number of hydrogen-bond donors (Lipinski definition) is 1. The first kappa shape index (κ1) is 16.3. The van der Waals surface area contributed by atoms with Gasteiger partial charge in [0.05, 0.1) is 31.6 Å². The fourth-order valence-corrected chi connectivity index (χ4v) is 3.32. The maximum Gasteiger partial charge on any atom is 0.161 e. The van der Waals surface area contributed by atoms with E-state index in [1.54, 1.807) is 7.11 Å². The van der Waals surface area contributed by atoms with Crippen molar-refractivity contribution in [3.63, 3.8) is 0 Å². The van der Waals surface area contributed by atoms with E-state index >= 15 is 0 Å². The highest BCUT2D eigenvalue weighted by molar-refractivity contribution is 5.29. The van der Waals surface area contributed by atoms with Gasteiger partial charge in [-0.1, -0.05) is 19.8 Å². The molecule has 5 nitrogen and oxygen atoms in total. The second-order valence-corrected chi connectivity index (χ2v) is 6.20. The molecule has 0 aromatic carbocycles. The minimum absolute atomic E-state index is 0.358. The zero-order valence-corrected chi connectivity index (χ0v) is 13.9. The third-order valence-corrected chi connectivity index (χ3v) is 4.41. The highest BCUT2D eigenvalue weighted by atomic mass is 16.5. The summed E-state index contributed by atoms with van der Waals surface area (Å²) in [4.78, 5) is 2.19. The van der Waals surface area contributed by atoms with Crippen molar-refractivity contribution < 1.29 is 4.74 Å². The number of aromatic nitrogens is 2. The molecule has 0 radical (unpaired) electrons. The van der Waals surface area contributed by atoms with Gasteiger partial charge in [-0.3, -0.25) is 4.68 Å². The van der Waals surface area contributed by atoms with E-state index < -0.39 is 0 Å². The molecular formula is C16H30N4O. The molecule has 21 heavy (non-hydrogen) atoms. The Morgan fingerprint density at radius 1 is 1.43 bits per heavy atom. The molecule has 1 unspecified atom stereocenters. The molecule has 1 fully saturated rings. The predicted octanol–water partition coefficient (Wildman–Crippen LogP) is 2.29.